The first kappa shape index (κ1) is 19.7. The van der Waals surface area contributed by atoms with E-state index in [-0.39, 0.29) is 11.9 Å². The van der Waals surface area contributed by atoms with Crippen LogP contribution >= 0.6 is 11.6 Å². The SMILES string of the molecule is Cc1cc(C)cc(C(=O)N[C@H]2CC[C@@H](Nc3ccnc4cc(Cl)ccc34)CC2)c1. The lowest BCUT2D eigenvalue weighted by Crippen LogP contribution is -2.40. The fourth-order valence-electron chi connectivity index (χ4n) is 4.22. The number of nitrogens with one attached hydrogen (secondary N) is 2. The molecular weight excluding hydrogens is 382 g/mol. The lowest BCUT2D eigenvalue weighted by molar-refractivity contribution is 0.0926. The molecule has 0 unspecified atom stereocenters. The molecule has 150 valence electrons. The Bertz CT molecular complexity index is 1020. The summed E-state index contributed by atoms with van der Waals surface area (Å²) in [6, 6.07) is 14.4. The summed E-state index contributed by atoms with van der Waals surface area (Å²) >= 11 is 6.09. The first-order valence-electron chi connectivity index (χ1n) is 10.2. The zero-order chi connectivity index (χ0) is 20.4. The van der Waals surface area contributed by atoms with Crippen molar-refractivity contribution in [3.63, 3.8) is 0 Å². The van der Waals surface area contributed by atoms with Crippen LogP contribution in [-0.2, 0) is 0 Å². The third-order valence-electron chi connectivity index (χ3n) is 5.61. The summed E-state index contributed by atoms with van der Waals surface area (Å²) in [5, 5.41) is 8.67. The second-order valence-corrected chi connectivity index (χ2v) is 8.50. The number of benzene rings is 2. The molecule has 1 saturated carbocycles. The number of aryl methyl sites for hydroxylation is 2. The highest BCUT2D eigenvalue weighted by Gasteiger charge is 2.23. The molecular formula is C24H26ClN3O. The van der Waals surface area contributed by atoms with Gasteiger partial charge in [0.2, 0.25) is 0 Å². The van der Waals surface area contributed by atoms with E-state index in [1.54, 1.807) is 0 Å². The molecule has 1 heterocycles. The maximum atomic E-state index is 12.6. The van der Waals surface area contributed by atoms with Crippen molar-refractivity contribution in [2.75, 3.05) is 5.32 Å². The number of anilines is 1. The van der Waals surface area contributed by atoms with Crippen LogP contribution in [0, 0.1) is 13.8 Å². The van der Waals surface area contributed by atoms with E-state index in [1.165, 1.54) is 0 Å². The number of hydrogen-bond acceptors (Lipinski definition) is 3. The van der Waals surface area contributed by atoms with Gasteiger partial charge in [0.1, 0.15) is 0 Å². The number of aromatic nitrogens is 1. The molecule has 1 amide bonds. The van der Waals surface area contributed by atoms with E-state index in [0.29, 0.717) is 11.1 Å². The second kappa shape index (κ2) is 8.42. The quantitative estimate of drug-likeness (QED) is 0.586. The van der Waals surface area contributed by atoms with Crippen molar-refractivity contribution in [1.29, 1.82) is 0 Å². The van der Waals surface area contributed by atoms with Crippen molar-refractivity contribution in [2.45, 2.75) is 51.6 Å². The standard InChI is InChI=1S/C24H26ClN3O/c1-15-11-16(2)13-17(12-15)24(29)28-20-6-4-19(5-7-20)27-22-9-10-26-23-14-18(25)3-8-21(22)23/h3,8-14,19-20H,4-7H2,1-2H3,(H,26,27)(H,28,29)/t19-,20+. The minimum Gasteiger partial charge on any atom is -0.382 e. The summed E-state index contributed by atoms with van der Waals surface area (Å²) in [4.78, 5) is 17.0. The molecule has 1 fully saturated rings. The molecule has 29 heavy (non-hydrogen) atoms. The largest absolute Gasteiger partial charge is 0.382 e. The van der Waals surface area contributed by atoms with Gasteiger partial charge >= 0.3 is 0 Å². The molecule has 4 rings (SSSR count). The van der Waals surface area contributed by atoms with E-state index in [2.05, 4.69) is 21.7 Å². The van der Waals surface area contributed by atoms with Crippen molar-refractivity contribution in [1.82, 2.24) is 10.3 Å². The third kappa shape index (κ3) is 4.70. The molecule has 0 saturated heterocycles. The van der Waals surface area contributed by atoms with E-state index in [0.717, 1.165) is 59.0 Å². The summed E-state index contributed by atoms with van der Waals surface area (Å²) in [5.41, 5.74) is 4.98. The Morgan fingerprint density at radius 2 is 1.66 bits per heavy atom. The monoisotopic (exact) mass is 407 g/mol. The van der Waals surface area contributed by atoms with Crippen molar-refractivity contribution < 1.29 is 4.79 Å². The number of carbonyl (C=O) groups is 1. The van der Waals surface area contributed by atoms with Crippen LogP contribution in [0.15, 0.2) is 48.7 Å². The molecule has 2 N–H and O–H groups in total. The molecule has 4 nitrogen and oxygen atoms in total. The van der Waals surface area contributed by atoms with E-state index in [9.17, 15) is 4.79 Å². The van der Waals surface area contributed by atoms with Gasteiger partial charge in [-0.1, -0.05) is 28.8 Å². The van der Waals surface area contributed by atoms with Crippen molar-refractivity contribution in [3.05, 3.63) is 70.4 Å². The van der Waals surface area contributed by atoms with Gasteiger partial charge in [0.25, 0.3) is 5.91 Å². The van der Waals surface area contributed by atoms with E-state index < -0.39 is 0 Å². The smallest absolute Gasteiger partial charge is 0.251 e. The first-order chi connectivity index (χ1) is 14.0. The van der Waals surface area contributed by atoms with Gasteiger partial charge < -0.3 is 10.6 Å². The molecule has 0 aliphatic heterocycles. The molecule has 3 aromatic rings. The molecule has 0 bridgehead atoms. The Balaban J connectivity index is 1.36. The highest BCUT2D eigenvalue weighted by molar-refractivity contribution is 6.31. The summed E-state index contributed by atoms with van der Waals surface area (Å²) in [6.45, 7) is 4.05. The van der Waals surface area contributed by atoms with Gasteiger partial charge in [-0.15, -0.1) is 0 Å². The Labute approximate surface area is 176 Å². The van der Waals surface area contributed by atoms with Gasteiger partial charge in [0.05, 0.1) is 5.52 Å². The van der Waals surface area contributed by atoms with Crippen molar-refractivity contribution in [3.8, 4) is 0 Å². The number of nitrogens with zero attached hydrogens (tertiary/aromatic N) is 1. The summed E-state index contributed by atoms with van der Waals surface area (Å²) in [6.07, 6.45) is 5.81. The Morgan fingerprint density at radius 3 is 2.38 bits per heavy atom. The zero-order valence-electron chi connectivity index (χ0n) is 16.8. The molecule has 0 atom stereocenters. The average molecular weight is 408 g/mol. The zero-order valence-corrected chi connectivity index (χ0v) is 17.6. The topological polar surface area (TPSA) is 54.0 Å². The number of fused-ring (bicyclic) bond motifs is 1. The van der Waals surface area contributed by atoms with Crippen LogP contribution in [0.2, 0.25) is 5.02 Å². The number of amides is 1. The predicted octanol–water partition coefficient (Wildman–Crippen LogP) is 5.66. The number of pyridine rings is 1. The Morgan fingerprint density at radius 1 is 0.966 bits per heavy atom. The van der Waals surface area contributed by atoms with Crippen LogP contribution in [0.3, 0.4) is 0 Å². The average Bonchev–Trinajstić information content (AvgIpc) is 2.68. The van der Waals surface area contributed by atoms with Gasteiger partial charge in [-0.3, -0.25) is 9.78 Å². The lowest BCUT2D eigenvalue weighted by atomic mass is 9.90. The highest BCUT2D eigenvalue weighted by Crippen LogP contribution is 2.28. The molecule has 0 spiro atoms. The number of rotatable bonds is 4. The Hall–Kier alpha value is -2.59. The minimum absolute atomic E-state index is 0.0326. The second-order valence-electron chi connectivity index (χ2n) is 8.06. The normalized spacial score (nSPS) is 19.1. The van der Waals surface area contributed by atoms with Crippen LogP contribution in [0.4, 0.5) is 5.69 Å². The highest BCUT2D eigenvalue weighted by atomic mass is 35.5. The van der Waals surface area contributed by atoms with Gasteiger partial charge in [-0.2, -0.15) is 0 Å². The molecule has 5 heteroatoms. The van der Waals surface area contributed by atoms with E-state index in [4.69, 9.17) is 11.6 Å². The van der Waals surface area contributed by atoms with Gasteiger partial charge in [0, 0.05) is 39.9 Å². The van der Waals surface area contributed by atoms with Crippen LogP contribution in [0.5, 0.6) is 0 Å². The molecule has 1 aromatic heterocycles. The maximum absolute atomic E-state index is 12.6. The summed E-state index contributed by atoms with van der Waals surface area (Å²) in [5.74, 6) is 0.0326. The van der Waals surface area contributed by atoms with Crippen LogP contribution < -0.4 is 10.6 Å². The third-order valence-corrected chi connectivity index (χ3v) is 5.85. The summed E-state index contributed by atoms with van der Waals surface area (Å²) < 4.78 is 0. The van der Waals surface area contributed by atoms with Crippen LogP contribution in [0.1, 0.15) is 47.2 Å². The fourth-order valence-corrected chi connectivity index (χ4v) is 4.39. The Kier molecular flexibility index (Phi) is 5.72. The van der Waals surface area contributed by atoms with Crippen molar-refractivity contribution >= 4 is 34.1 Å². The number of hydrogen-bond donors (Lipinski definition) is 2. The van der Waals surface area contributed by atoms with Gasteiger partial charge in [-0.25, -0.2) is 0 Å². The predicted molar refractivity (Wildman–Crippen MR) is 120 cm³/mol. The fraction of sp³-hybridized carbons (Fsp3) is 0.333. The van der Waals surface area contributed by atoms with Crippen LogP contribution in [-0.4, -0.2) is 23.0 Å². The molecule has 1 aliphatic rings. The van der Waals surface area contributed by atoms with Crippen molar-refractivity contribution in [2.24, 2.45) is 0 Å². The number of halogens is 1. The van der Waals surface area contributed by atoms with Crippen LogP contribution in [0.25, 0.3) is 10.9 Å². The summed E-state index contributed by atoms with van der Waals surface area (Å²) in [7, 11) is 0. The van der Waals surface area contributed by atoms with Gasteiger partial charge in [0.15, 0.2) is 0 Å². The minimum atomic E-state index is 0.0326. The number of carbonyl (C=O) groups excluding carboxylic acids is 1. The molecule has 0 radical (unpaired) electrons. The molecule has 2 aromatic carbocycles. The van der Waals surface area contributed by atoms with Gasteiger partial charge in [-0.05, 0) is 75.9 Å². The van der Waals surface area contributed by atoms with E-state index in [1.807, 2.05) is 56.4 Å². The molecule has 1 aliphatic carbocycles. The lowest BCUT2D eigenvalue weighted by Gasteiger charge is -2.30. The first-order valence-corrected chi connectivity index (χ1v) is 10.6. The maximum Gasteiger partial charge on any atom is 0.251 e. The van der Waals surface area contributed by atoms with E-state index >= 15 is 0 Å².